The third kappa shape index (κ3) is 4.78. The summed E-state index contributed by atoms with van der Waals surface area (Å²) in [7, 11) is -2.02. The highest BCUT2D eigenvalue weighted by atomic mass is 32.2. The third-order valence-electron chi connectivity index (χ3n) is 5.07. The molecule has 0 heterocycles. The minimum Gasteiger partial charge on any atom is -0.322 e. The number of nitrogens with zero attached hydrogens (tertiary/aromatic N) is 1. The van der Waals surface area contributed by atoms with Gasteiger partial charge in [-0.15, -0.1) is 0 Å². The normalized spacial score (nSPS) is 11.5. The van der Waals surface area contributed by atoms with Gasteiger partial charge in [-0.25, -0.2) is 8.42 Å². The molecule has 5 nitrogen and oxygen atoms in total. The van der Waals surface area contributed by atoms with Gasteiger partial charge in [-0.1, -0.05) is 48.0 Å². The SMILES string of the molecule is Cc1ccc(S(=O)(=O)N(C)Cc2ccc(C(=O)Nc3c(C)cccc3C)cc2)cc1. The van der Waals surface area contributed by atoms with E-state index < -0.39 is 10.0 Å². The van der Waals surface area contributed by atoms with Crippen molar-refractivity contribution in [3.63, 3.8) is 0 Å². The molecular formula is C24H26N2O3S. The lowest BCUT2D eigenvalue weighted by atomic mass is 10.1. The number of sulfonamides is 1. The van der Waals surface area contributed by atoms with Crippen LogP contribution in [0.25, 0.3) is 0 Å². The monoisotopic (exact) mass is 422 g/mol. The van der Waals surface area contributed by atoms with Crippen molar-refractivity contribution in [2.24, 2.45) is 0 Å². The van der Waals surface area contributed by atoms with E-state index in [1.807, 2.05) is 39.0 Å². The Kier molecular flexibility index (Phi) is 6.39. The molecule has 0 aromatic heterocycles. The molecule has 0 bridgehead atoms. The smallest absolute Gasteiger partial charge is 0.255 e. The van der Waals surface area contributed by atoms with Crippen LogP contribution in [0.1, 0.15) is 32.6 Å². The average Bonchev–Trinajstić information content (AvgIpc) is 2.71. The fraction of sp³-hybridized carbons (Fsp3) is 0.208. The van der Waals surface area contributed by atoms with Gasteiger partial charge in [0.25, 0.3) is 5.91 Å². The van der Waals surface area contributed by atoms with Crippen molar-refractivity contribution >= 4 is 21.6 Å². The van der Waals surface area contributed by atoms with E-state index in [0.29, 0.717) is 5.56 Å². The highest BCUT2D eigenvalue weighted by molar-refractivity contribution is 7.89. The number of carbonyl (C=O) groups excluding carboxylic acids is 1. The van der Waals surface area contributed by atoms with E-state index in [2.05, 4.69) is 5.32 Å². The molecule has 0 saturated heterocycles. The van der Waals surface area contributed by atoms with E-state index in [4.69, 9.17) is 0 Å². The summed E-state index contributed by atoms with van der Waals surface area (Å²) in [5.41, 5.74) is 5.15. The van der Waals surface area contributed by atoms with E-state index in [-0.39, 0.29) is 17.3 Å². The van der Waals surface area contributed by atoms with Crippen molar-refractivity contribution in [2.75, 3.05) is 12.4 Å². The molecule has 156 valence electrons. The van der Waals surface area contributed by atoms with Crippen LogP contribution >= 0.6 is 0 Å². The number of anilines is 1. The van der Waals surface area contributed by atoms with E-state index in [1.165, 1.54) is 4.31 Å². The molecule has 0 radical (unpaired) electrons. The lowest BCUT2D eigenvalue weighted by Gasteiger charge is -2.18. The maximum Gasteiger partial charge on any atom is 0.255 e. The van der Waals surface area contributed by atoms with Gasteiger partial charge >= 0.3 is 0 Å². The van der Waals surface area contributed by atoms with E-state index in [9.17, 15) is 13.2 Å². The summed E-state index contributed by atoms with van der Waals surface area (Å²) in [5, 5.41) is 2.96. The maximum absolute atomic E-state index is 12.8. The third-order valence-corrected chi connectivity index (χ3v) is 6.89. The van der Waals surface area contributed by atoms with Crippen LogP contribution in [0.15, 0.2) is 71.6 Å². The van der Waals surface area contributed by atoms with Gasteiger partial charge in [0.2, 0.25) is 10.0 Å². The first-order chi connectivity index (χ1) is 14.2. The van der Waals surface area contributed by atoms with Gasteiger partial charge in [-0.05, 0) is 61.7 Å². The Labute approximate surface area is 178 Å². The van der Waals surface area contributed by atoms with Gasteiger partial charge in [-0.2, -0.15) is 4.31 Å². The van der Waals surface area contributed by atoms with E-state index in [1.54, 1.807) is 55.6 Å². The van der Waals surface area contributed by atoms with E-state index >= 15 is 0 Å². The van der Waals surface area contributed by atoms with Gasteiger partial charge in [0.05, 0.1) is 4.90 Å². The molecule has 0 saturated carbocycles. The molecule has 0 fully saturated rings. The van der Waals surface area contributed by atoms with Crippen LogP contribution in [0.5, 0.6) is 0 Å². The van der Waals surface area contributed by atoms with Crippen LogP contribution in [-0.2, 0) is 16.6 Å². The fourth-order valence-corrected chi connectivity index (χ4v) is 4.35. The summed E-state index contributed by atoms with van der Waals surface area (Å²) >= 11 is 0. The van der Waals surface area contributed by atoms with Gasteiger partial charge < -0.3 is 5.32 Å². The Morgan fingerprint density at radius 2 is 1.43 bits per heavy atom. The summed E-state index contributed by atoms with van der Waals surface area (Å²) in [6.07, 6.45) is 0. The Bertz CT molecular complexity index is 1130. The number of benzene rings is 3. The number of carbonyl (C=O) groups is 1. The standard InChI is InChI=1S/C24H26N2O3S/c1-17-8-14-22(15-9-17)30(28,29)26(4)16-20-10-12-21(13-11-20)24(27)25-23-18(2)6-5-7-19(23)3/h5-15H,16H2,1-4H3,(H,25,27). The zero-order chi connectivity index (χ0) is 21.9. The average molecular weight is 423 g/mol. The number of nitrogens with one attached hydrogen (secondary N) is 1. The Hall–Kier alpha value is -2.96. The van der Waals surface area contributed by atoms with Crippen molar-refractivity contribution in [1.29, 1.82) is 0 Å². The second-order valence-electron chi connectivity index (χ2n) is 7.49. The molecule has 0 aliphatic heterocycles. The molecule has 3 aromatic carbocycles. The minimum absolute atomic E-state index is 0.195. The summed E-state index contributed by atoms with van der Waals surface area (Å²) in [6.45, 7) is 6.04. The lowest BCUT2D eigenvalue weighted by Crippen LogP contribution is -2.26. The molecule has 6 heteroatoms. The predicted octanol–water partition coefficient (Wildman–Crippen LogP) is 4.68. The number of hydrogen-bond acceptors (Lipinski definition) is 3. The molecule has 30 heavy (non-hydrogen) atoms. The number of aryl methyl sites for hydroxylation is 3. The van der Waals surface area contributed by atoms with Crippen molar-refractivity contribution < 1.29 is 13.2 Å². The number of hydrogen-bond donors (Lipinski definition) is 1. The molecule has 0 spiro atoms. The molecule has 0 aliphatic rings. The molecular weight excluding hydrogens is 396 g/mol. The van der Waals surface area contributed by atoms with Gasteiger partial charge in [-0.3, -0.25) is 4.79 Å². The van der Waals surface area contributed by atoms with Crippen LogP contribution in [-0.4, -0.2) is 25.7 Å². The number of para-hydroxylation sites is 1. The Balaban J connectivity index is 1.71. The largest absolute Gasteiger partial charge is 0.322 e. The lowest BCUT2D eigenvalue weighted by molar-refractivity contribution is 0.102. The fourth-order valence-electron chi connectivity index (χ4n) is 3.19. The van der Waals surface area contributed by atoms with Crippen molar-refractivity contribution in [3.8, 4) is 0 Å². The summed E-state index contributed by atoms with van der Waals surface area (Å²) in [6, 6.07) is 19.6. The van der Waals surface area contributed by atoms with Crippen molar-refractivity contribution in [2.45, 2.75) is 32.2 Å². The van der Waals surface area contributed by atoms with Gasteiger partial charge in [0.15, 0.2) is 0 Å². The molecule has 1 N–H and O–H groups in total. The number of rotatable bonds is 6. The minimum atomic E-state index is -3.58. The summed E-state index contributed by atoms with van der Waals surface area (Å²) < 4.78 is 26.8. The van der Waals surface area contributed by atoms with Crippen LogP contribution in [0.3, 0.4) is 0 Å². The number of amides is 1. The summed E-state index contributed by atoms with van der Waals surface area (Å²) in [4.78, 5) is 12.9. The Morgan fingerprint density at radius 1 is 0.867 bits per heavy atom. The molecule has 3 aromatic rings. The maximum atomic E-state index is 12.8. The zero-order valence-electron chi connectivity index (χ0n) is 17.6. The van der Waals surface area contributed by atoms with Crippen LogP contribution in [0.2, 0.25) is 0 Å². The zero-order valence-corrected chi connectivity index (χ0v) is 18.5. The quantitative estimate of drug-likeness (QED) is 0.627. The first-order valence-corrected chi connectivity index (χ1v) is 11.1. The van der Waals surface area contributed by atoms with Crippen molar-refractivity contribution in [3.05, 3.63) is 94.5 Å². The van der Waals surface area contributed by atoms with Crippen LogP contribution < -0.4 is 5.32 Å². The molecule has 0 aliphatic carbocycles. The van der Waals surface area contributed by atoms with Gasteiger partial charge in [0, 0.05) is 24.8 Å². The van der Waals surface area contributed by atoms with Crippen molar-refractivity contribution in [1.82, 2.24) is 4.31 Å². The highest BCUT2D eigenvalue weighted by Crippen LogP contribution is 2.21. The van der Waals surface area contributed by atoms with Crippen LogP contribution in [0.4, 0.5) is 5.69 Å². The van der Waals surface area contributed by atoms with Crippen LogP contribution in [0, 0.1) is 20.8 Å². The Morgan fingerprint density at radius 3 is 2.00 bits per heavy atom. The predicted molar refractivity (Wildman–Crippen MR) is 120 cm³/mol. The molecule has 3 rings (SSSR count). The first kappa shape index (κ1) is 21.7. The van der Waals surface area contributed by atoms with Gasteiger partial charge in [0.1, 0.15) is 0 Å². The molecule has 1 amide bonds. The first-order valence-electron chi connectivity index (χ1n) is 9.68. The molecule has 0 atom stereocenters. The topological polar surface area (TPSA) is 66.5 Å². The highest BCUT2D eigenvalue weighted by Gasteiger charge is 2.20. The second kappa shape index (κ2) is 8.81. The van der Waals surface area contributed by atoms with E-state index in [0.717, 1.165) is 27.9 Å². The second-order valence-corrected chi connectivity index (χ2v) is 9.54. The summed E-state index contributed by atoms with van der Waals surface area (Å²) in [5.74, 6) is -0.195. The molecule has 0 unspecified atom stereocenters.